The molecule has 1 aromatic heterocycles. The Morgan fingerprint density at radius 2 is 2.26 bits per heavy atom. The van der Waals surface area contributed by atoms with Crippen LogP contribution in [0.3, 0.4) is 0 Å². The average Bonchev–Trinajstić information content (AvgIpc) is 2.86. The molecule has 19 heavy (non-hydrogen) atoms. The highest BCUT2D eigenvalue weighted by Crippen LogP contribution is 2.20. The first-order valence-corrected chi connectivity index (χ1v) is 7.11. The Bertz CT molecular complexity index is 536. The first kappa shape index (κ1) is 13.8. The van der Waals surface area contributed by atoms with Crippen molar-refractivity contribution >= 4 is 11.3 Å². The van der Waals surface area contributed by atoms with Gasteiger partial charge in [0.05, 0.1) is 5.69 Å². The molecule has 0 spiro atoms. The Balaban J connectivity index is 1.99. The second kappa shape index (κ2) is 7.07. The Morgan fingerprint density at radius 3 is 3.05 bits per heavy atom. The molecule has 1 heterocycles. The molecule has 0 atom stereocenters. The molecule has 0 aliphatic heterocycles. The van der Waals surface area contributed by atoms with Crippen molar-refractivity contribution in [3.8, 4) is 5.75 Å². The number of allylic oxidation sites excluding steroid dienone is 1. The summed E-state index contributed by atoms with van der Waals surface area (Å²) in [6, 6.07) is 8.04. The Hall–Kier alpha value is -1.65. The van der Waals surface area contributed by atoms with Gasteiger partial charge in [0.1, 0.15) is 17.4 Å². The van der Waals surface area contributed by atoms with Crippen LogP contribution in [0.15, 0.2) is 42.3 Å². The van der Waals surface area contributed by atoms with Crippen LogP contribution in [0.5, 0.6) is 5.75 Å². The number of hydrogen-bond acceptors (Lipinski definition) is 4. The Labute approximate surface area is 118 Å². The fraction of sp³-hybridized carbons (Fsp3) is 0.267. The summed E-state index contributed by atoms with van der Waals surface area (Å²) in [6.45, 7) is 5.08. The molecule has 4 heteroatoms. The molecule has 0 unspecified atom stereocenters. The molecule has 0 saturated carbocycles. The molecule has 2 rings (SSSR count). The summed E-state index contributed by atoms with van der Waals surface area (Å²) in [4.78, 5) is 4.50. The van der Waals surface area contributed by atoms with Crippen LogP contribution in [0.2, 0.25) is 0 Å². The number of para-hydroxylation sites is 1. The summed E-state index contributed by atoms with van der Waals surface area (Å²) in [6.07, 6.45) is 2.70. The van der Waals surface area contributed by atoms with E-state index in [9.17, 15) is 0 Å². The van der Waals surface area contributed by atoms with Gasteiger partial charge in [-0.2, -0.15) is 0 Å². The predicted octanol–water partition coefficient (Wildman–Crippen LogP) is 3.17. The van der Waals surface area contributed by atoms with E-state index in [-0.39, 0.29) is 0 Å². The zero-order valence-corrected chi connectivity index (χ0v) is 11.9. The minimum absolute atomic E-state index is 0.508. The fourth-order valence-electron chi connectivity index (χ4n) is 1.77. The van der Waals surface area contributed by atoms with Gasteiger partial charge in [0.2, 0.25) is 0 Å². The monoisotopic (exact) mass is 274 g/mol. The molecule has 0 radical (unpaired) electrons. The minimum Gasteiger partial charge on any atom is -0.487 e. The molecule has 2 aromatic rings. The largest absolute Gasteiger partial charge is 0.487 e. The molecule has 3 nitrogen and oxygen atoms in total. The SMILES string of the molecule is C=CCc1ccccc1OCc1csc(CNC)n1. The number of aromatic nitrogens is 1. The lowest BCUT2D eigenvalue weighted by molar-refractivity contribution is 0.299. The molecule has 0 aliphatic carbocycles. The van der Waals surface area contributed by atoms with E-state index in [4.69, 9.17) is 4.74 Å². The lowest BCUT2D eigenvalue weighted by atomic mass is 10.1. The zero-order chi connectivity index (χ0) is 13.5. The van der Waals surface area contributed by atoms with Crippen LogP contribution < -0.4 is 10.1 Å². The van der Waals surface area contributed by atoms with E-state index in [1.54, 1.807) is 11.3 Å². The van der Waals surface area contributed by atoms with Gasteiger partial charge in [-0.3, -0.25) is 0 Å². The first-order valence-electron chi connectivity index (χ1n) is 6.23. The predicted molar refractivity (Wildman–Crippen MR) is 79.6 cm³/mol. The molecule has 0 bridgehead atoms. The summed E-state index contributed by atoms with van der Waals surface area (Å²) >= 11 is 1.65. The molecule has 0 fully saturated rings. The van der Waals surface area contributed by atoms with Crippen molar-refractivity contribution in [1.29, 1.82) is 0 Å². The van der Waals surface area contributed by atoms with Gasteiger partial charge < -0.3 is 10.1 Å². The maximum atomic E-state index is 5.84. The molecule has 0 amide bonds. The third kappa shape index (κ3) is 3.91. The van der Waals surface area contributed by atoms with E-state index in [1.165, 1.54) is 0 Å². The molecular formula is C15H18N2OS. The third-order valence-electron chi connectivity index (χ3n) is 2.64. The molecular weight excluding hydrogens is 256 g/mol. The number of nitrogens with zero attached hydrogens (tertiary/aromatic N) is 1. The first-order chi connectivity index (χ1) is 9.33. The number of benzene rings is 1. The van der Waals surface area contributed by atoms with Crippen LogP contribution in [0, 0.1) is 0 Å². The standard InChI is InChI=1S/C15H18N2OS/c1-3-6-12-7-4-5-8-14(12)18-10-13-11-19-15(17-13)9-16-2/h3-5,7-8,11,16H,1,6,9-10H2,2H3. The summed E-state index contributed by atoms with van der Waals surface area (Å²) in [5, 5.41) is 6.22. The van der Waals surface area contributed by atoms with Crippen molar-refractivity contribution in [2.45, 2.75) is 19.6 Å². The summed E-state index contributed by atoms with van der Waals surface area (Å²) in [7, 11) is 1.92. The van der Waals surface area contributed by atoms with Gasteiger partial charge in [-0.25, -0.2) is 4.98 Å². The Morgan fingerprint density at radius 1 is 1.42 bits per heavy atom. The smallest absolute Gasteiger partial charge is 0.131 e. The van der Waals surface area contributed by atoms with Crippen molar-refractivity contribution in [3.05, 3.63) is 58.6 Å². The molecule has 100 valence electrons. The van der Waals surface area contributed by atoms with Gasteiger partial charge in [-0.1, -0.05) is 24.3 Å². The Kier molecular flexibility index (Phi) is 5.12. The lowest BCUT2D eigenvalue weighted by Gasteiger charge is -2.08. The normalized spacial score (nSPS) is 10.4. The van der Waals surface area contributed by atoms with E-state index in [2.05, 4.69) is 22.9 Å². The van der Waals surface area contributed by atoms with Gasteiger partial charge in [-0.15, -0.1) is 17.9 Å². The lowest BCUT2D eigenvalue weighted by Crippen LogP contribution is -2.05. The topological polar surface area (TPSA) is 34.1 Å². The van der Waals surface area contributed by atoms with Crippen LogP contribution in [-0.4, -0.2) is 12.0 Å². The van der Waals surface area contributed by atoms with E-state index in [0.717, 1.165) is 35.0 Å². The van der Waals surface area contributed by atoms with Crippen LogP contribution in [-0.2, 0) is 19.6 Å². The highest BCUT2D eigenvalue weighted by molar-refractivity contribution is 7.09. The van der Waals surface area contributed by atoms with Gasteiger partial charge in [-0.05, 0) is 25.1 Å². The molecule has 1 aromatic carbocycles. The number of hydrogen-bond donors (Lipinski definition) is 1. The van der Waals surface area contributed by atoms with Crippen molar-refractivity contribution in [3.63, 3.8) is 0 Å². The van der Waals surface area contributed by atoms with Gasteiger partial charge in [0.25, 0.3) is 0 Å². The molecule has 1 N–H and O–H groups in total. The summed E-state index contributed by atoms with van der Waals surface area (Å²) in [5.74, 6) is 0.908. The summed E-state index contributed by atoms with van der Waals surface area (Å²) in [5.41, 5.74) is 2.13. The maximum Gasteiger partial charge on any atom is 0.131 e. The average molecular weight is 274 g/mol. The van der Waals surface area contributed by atoms with Gasteiger partial charge in [0, 0.05) is 11.9 Å². The van der Waals surface area contributed by atoms with Crippen LogP contribution in [0.4, 0.5) is 0 Å². The minimum atomic E-state index is 0.508. The number of ether oxygens (including phenoxy) is 1. The molecule has 0 aliphatic rings. The van der Waals surface area contributed by atoms with Crippen molar-refractivity contribution in [1.82, 2.24) is 10.3 Å². The van der Waals surface area contributed by atoms with E-state index in [1.807, 2.05) is 36.7 Å². The second-order valence-corrected chi connectivity index (χ2v) is 5.09. The van der Waals surface area contributed by atoms with Crippen molar-refractivity contribution < 1.29 is 4.74 Å². The molecule has 0 saturated heterocycles. The zero-order valence-electron chi connectivity index (χ0n) is 11.1. The highest BCUT2D eigenvalue weighted by atomic mass is 32.1. The maximum absolute atomic E-state index is 5.84. The number of rotatable bonds is 7. The quantitative estimate of drug-likeness (QED) is 0.787. The van der Waals surface area contributed by atoms with Gasteiger partial charge >= 0.3 is 0 Å². The summed E-state index contributed by atoms with van der Waals surface area (Å²) < 4.78 is 5.84. The second-order valence-electron chi connectivity index (χ2n) is 4.15. The third-order valence-corrected chi connectivity index (χ3v) is 3.54. The van der Waals surface area contributed by atoms with Gasteiger partial charge in [0.15, 0.2) is 0 Å². The van der Waals surface area contributed by atoms with Crippen LogP contribution >= 0.6 is 11.3 Å². The number of thiazole rings is 1. The van der Waals surface area contributed by atoms with Crippen molar-refractivity contribution in [2.75, 3.05) is 7.05 Å². The van der Waals surface area contributed by atoms with E-state index in [0.29, 0.717) is 6.61 Å². The number of nitrogens with one attached hydrogen (secondary N) is 1. The van der Waals surface area contributed by atoms with E-state index < -0.39 is 0 Å². The fourth-order valence-corrected chi connectivity index (χ4v) is 2.56. The van der Waals surface area contributed by atoms with E-state index >= 15 is 0 Å². The van der Waals surface area contributed by atoms with Crippen LogP contribution in [0.1, 0.15) is 16.3 Å². The van der Waals surface area contributed by atoms with Crippen molar-refractivity contribution in [2.24, 2.45) is 0 Å². The highest BCUT2D eigenvalue weighted by Gasteiger charge is 2.05. The van der Waals surface area contributed by atoms with Crippen LogP contribution in [0.25, 0.3) is 0 Å².